The molecule has 128 valence electrons. The average molecular weight is 328 g/mol. The minimum atomic E-state index is -0.877. The van der Waals surface area contributed by atoms with E-state index in [1.807, 2.05) is 36.4 Å². The molecule has 0 fully saturated rings. The Morgan fingerprint density at radius 3 is 2.29 bits per heavy atom. The van der Waals surface area contributed by atoms with E-state index >= 15 is 0 Å². The third-order valence-electron chi connectivity index (χ3n) is 3.78. The zero-order valence-corrected chi connectivity index (χ0v) is 14.4. The molecule has 0 saturated carbocycles. The van der Waals surface area contributed by atoms with Crippen molar-refractivity contribution in [1.82, 2.24) is 0 Å². The predicted molar refractivity (Wildman–Crippen MR) is 93.8 cm³/mol. The second-order valence-electron chi connectivity index (χ2n) is 6.15. The molecule has 1 N–H and O–H groups in total. The van der Waals surface area contributed by atoms with Gasteiger partial charge >= 0.3 is 5.97 Å². The summed E-state index contributed by atoms with van der Waals surface area (Å²) >= 11 is 0. The van der Waals surface area contributed by atoms with Gasteiger partial charge < -0.3 is 14.6 Å². The Bertz CT molecular complexity index is 679. The zero-order chi connectivity index (χ0) is 17.5. The summed E-state index contributed by atoms with van der Waals surface area (Å²) in [6, 6.07) is 14.9. The van der Waals surface area contributed by atoms with Crippen LogP contribution >= 0.6 is 0 Å². The lowest BCUT2D eigenvalue weighted by atomic mass is 9.91. The van der Waals surface area contributed by atoms with Crippen LogP contribution in [0, 0.1) is 5.92 Å². The molecule has 0 bridgehead atoms. The summed E-state index contributed by atoms with van der Waals surface area (Å²) in [6.45, 7) is 4.76. The summed E-state index contributed by atoms with van der Waals surface area (Å²) in [5.41, 5.74) is 1.56. The third-order valence-corrected chi connectivity index (χ3v) is 3.78. The van der Waals surface area contributed by atoms with Crippen LogP contribution in [0.4, 0.5) is 0 Å². The van der Waals surface area contributed by atoms with E-state index < -0.39 is 11.9 Å². The summed E-state index contributed by atoms with van der Waals surface area (Å²) in [5, 5.41) is 9.72. The Morgan fingerprint density at radius 2 is 1.67 bits per heavy atom. The van der Waals surface area contributed by atoms with E-state index in [2.05, 4.69) is 13.8 Å². The van der Waals surface area contributed by atoms with E-state index in [0.29, 0.717) is 30.3 Å². The quantitative estimate of drug-likeness (QED) is 0.791. The number of methoxy groups -OCH3 is 1. The maximum atomic E-state index is 11.9. The van der Waals surface area contributed by atoms with Crippen LogP contribution < -0.4 is 9.47 Å². The van der Waals surface area contributed by atoms with Gasteiger partial charge in [-0.1, -0.05) is 50.2 Å². The van der Waals surface area contributed by atoms with E-state index in [1.165, 1.54) is 0 Å². The van der Waals surface area contributed by atoms with Crippen LogP contribution in [0.5, 0.6) is 11.5 Å². The Labute approximate surface area is 143 Å². The molecule has 1 unspecified atom stereocenters. The van der Waals surface area contributed by atoms with Crippen molar-refractivity contribution in [3.8, 4) is 11.5 Å². The van der Waals surface area contributed by atoms with Gasteiger partial charge in [-0.3, -0.25) is 4.79 Å². The van der Waals surface area contributed by atoms with Gasteiger partial charge in [0, 0.05) is 5.56 Å². The van der Waals surface area contributed by atoms with Crippen molar-refractivity contribution >= 4 is 5.97 Å². The van der Waals surface area contributed by atoms with Crippen molar-refractivity contribution < 1.29 is 19.4 Å². The topological polar surface area (TPSA) is 55.8 Å². The first-order chi connectivity index (χ1) is 11.5. The lowest BCUT2D eigenvalue weighted by Crippen LogP contribution is -2.16. The molecular weight excluding hydrogens is 304 g/mol. The molecule has 4 nitrogen and oxygen atoms in total. The molecule has 0 saturated heterocycles. The first-order valence-corrected chi connectivity index (χ1v) is 8.09. The molecule has 2 aromatic carbocycles. The van der Waals surface area contributed by atoms with E-state index in [4.69, 9.17) is 9.47 Å². The van der Waals surface area contributed by atoms with Gasteiger partial charge in [0.1, 0.15) is 11.5 Å². The maximum absolute atomic E-state index is 11.9. The van der Waals surface area contributed by atoms with Gasteiger partial charge in [0.2, 0.25) is 0 Å². The highest BCUT2D eigenvalue weighted by Crippen LogP contribution is 2.32. The number of hydrogen-bond acceptors (Lipinski definition) is 3. The number of ether oxygens (including phenoxy) is 2. The summed E-state index contributed by atoms with van der Waals surface area (Å²) in [6.07, 6.45) is 0.351. The van der Waals surface area contributed by atoms with Gasteiger partial charge in [0.25, 0.3) is 0 Å². The fraction of sp³-hybridized carbons (Fsp3) is 0.350. The molecule has 0 aliphatic rings. The number of carboxylic acids is 1. The molecule has 0 radical (unpaired) electrons. The van der Waals surface area contributed by atoms with Crippen LogP contribution in [-0.4, -0.2) is 24.8 Å². The van der Waals surface area contributed by atoms with Crippen LogP contribution in [0.15, 0.2) is 48.5 Å². The smallest absolute Gasteiger partial charge is 0.311 e. The molecule has 0 aliphatic carbocycles. The molecule has 1 atom stereocenters. The van der Waals surface area contributed by atoms with Gasteiger partial charge in [-0.2, -0.15) is 0 Å². The largest absolute Gasteiger partial charge is 0.496 e. The van der Waals surface area contributed by atoms with Crippen molar-refractivity contribution in [3.63, 3.8) is 0 Å². The minimum Gasteiger partial charge on any atom is -0.496 e. The van der Waals surface area contributed by atoms with E-state index in [-0.39, 0.29) is 0 Å². The Kier molecular flexibility index (Phi) is 6.24. The SMILES string of the molecule is COc1ccccc1C(Cc1ccccc1OCC(C)C)C(=O)O. The van der Waals surface area contributed by atoms with Gasteiger partial charge in [-0.05, 0) is 30.0 Å². The van der Waals surface area contributed by atoms with Crippen molar-refractivity contribution in [2.45, 2.75) is 26.2 Å². The molecule has 0 aromatic heterocycles. The summed E-state index contributed by atoms with van der Waals surface area (Å²) in [7, 11) is 1.55. The van der Waals surface area contributed by atoms with Gasteiger partial charge in [-0.25, -0.2) is 0 Å². The van der Waals surface area contributed by atoms with Gasteiger partial charge in [-0.15, -0.1) is 0 Å². The normalized spacial score (nSPS) is 12.0. The maximum Gasteiger partial charge on any atom is 0.311 e. The second-order valence-corrected chi connectivity index (χ2v) is 6.15. The number of carbonyl (C=O) groups is 1. The molecule has 0 spiro atoms. The average Bonchev–Trinajstić information content (AvgIpc) is 2.58. The highest BCUT2D eigenvalue weighted by atomic mass is 16.5. The number of benzene rings is 2. The molecule has 0 amide bonds. The van der Waals surface area contributed by atoms with Crippen molar-refractivity contribution in [3.05, 3.63) is 59.7 Å². The van der Waals surface area contributed by atoms with Crippen LogP contribution in [0.1, 0.15) is 30.9 Å². The predicted octanol–water partition coefficient (Wildman–Crippen LogP) is 4.14. The second kappa shape index (κ2) is 8.39. The number of rotatable bonds is 8. The summed E-state index contributed by atoms with van der Waals surface area (Å²) in [5.74, 6) is 0.170. The number of carboxylic acid groups (broad SMARTS) is 1. The molecule has 24 heavy (non-hydrogen) atoms. The van der Waals surface area contributed by atoms with Crippen LogP contribution in [0.3, 0.4) is 0 Å². The number of aliphatic carboxylic acids is 1. The van der Waals surface area contributed by atoms with Crippen molar-refractivity contribution in [1.29, 1.82) is 0 Å². The number of hydrogen-bond donors (Lipinski definition) is 1. The Balaban J connectivity index is 2.30. The van der Waals surface area contributed by atoms with E-state index in [0.717, 1.165) is 11.3 Å². The molecule has 2 aromatic rings. The van der Waals surface area contributed by atoms with E-state index in [1.54, 1.807) is 19.2 Å². The lowest BCUT2D eigenvalue weighted by Gasteiger charge is -2.18. The standard InChI is InChI=1S/C20H24O4/c1-14(2)13-24-18-10-6-4-8-15(18)12-17(20(21)22)16-9-5-7-11-19(16)23-3/h4-11,14,17H,12-13H2,1-3H3,(H,21,22). The third kappa shape index (κ3) is 4.51. The molecule has 2 rings (SSSR count). The summed E-state index contributed by atoms with van der Waals surface area (Å²) < 4.78 is 11.2. The Morgan fingerprint density at radius 1 is 1.04 bits per heavy atom. The van der Waals surface area contributed by atoms with E-state index in [9.17, 15) is 9.90 Å². The fourth-order valence-corrected chi connectivity index (χ4v) is 2.57. The number of para-hydroxylation sites is 2. The van der Waals surface area contributed by atoms with Crippen LogP contribution in [-0.2, 0) is 11.2 Å². The highest BCUT2D eigenvalue weighted by molar-refractivity contribution is 5.78. The highest BCUT2D eigenvalue weighted by Gasteiger charge is 2.25. The lowest BCUT2D eigenvalue weighted by molar-refractivity contribution is -0.138. The zero-order valence-electron chi connectivity index (χ0n) is 14.4. The van der Waals surface area contributed by atoms with Crippen molar-refractivity contribution in [2.24, 2.45) is 5.92 Å². The van der Waals surface area contributed by atoms with Crippen LogP contribution in [0.25, 0.3) is 0 Å². The first-order valence-electron chi connectivity index (χ1n) is 8.09. The molecule has 0 heterocycles. The van der Waals surface area contributed by atoms with Gasteiger partial charge in [0.05, 0.1) is 19.6 Å². The van der Waals surface area contributed by atoms with Crippen LogP contribution in [0.2, 0.25) is 0 Å². The molecule has 0 aliphatic heterocycles. The van der Waals surface area contributed by atoms with Crippen molar-refractivity contribution in [2.75, 3.05) is 13.7 Å². The first kappa shape index (κ1) is 17.9. The monoisotopic (exact) mass is 328 g/mol. The summed E-state index contributed by atoms with van der Waals surface area (Å²) in [4.78, 5) is 11.9. The molecule has 4 heteroatoms. The fourth-order valence-electron chi connectivity index (χ4n) is 2.57. The minimum absolute atomic E-state index is 0.351. The van der Waals surface area contributed by atoms with Gasteiger partial charge in [0.15, 0.2) is 0 Å². The Hall–Kier alpha value is -2.49. The molecular formula is C20H24O4.